The zero-order valence-electron chi connectivity index (χ0n) is 18.1. The van der Waals surface area contributed by atoms with E-state index in [1.165, 1.54) is 0 Å². The summed E-state index contributed by atoms with van der Waals surface area (Å²) in [5.41, 5.74) is 3.47. The molecule has 0 atom stereocenters. The number of rotatable bonds is 7. The monoisotopic (exact) mass is 455 g/mol. The number of carbonyl (C=O) groups is 1. The molecule has 1 heterocycles. The summed E-state index contributed by atoms with van der Waals surface area (Å²) < 4.78 is 38.1. The van der Waals surface area contributed by atoms with Gasteiger partial charge in [0.2, 0.25) is 10.0 Å². The van der Waals surface area contributed by atoms with Crippen LogP contribution in [-0.4, -0.2) is 20.9 Å². The van der Waals surface area contributed by atoms with Crippen LogP contribution in [0.2, 0.25) is 0 Å². The minimum atomic E-state index is -3.62. The summed E-state index contributed by atoms with van der Waals surface area (Å²) in [7, 11) is -3.62. The number of nitrogens with one attached hydrogen (secondary N) is 1. The van der Waals surface area contributed by atoms with Gasteiger partial charge in [0, 0.05) is 29.5 Å². The lowest BCUT2D eigenvalue weighted by molar-refractivity contribution is -0.134. The normalized spacial score (nSPS) is 13.3. The van der Waals surface area contributed by atoms with Gasteiger partial charge in [-0.25, -0.2) is 17.9 Å². The number of fused-ring (bicyclic) bond motifs is 3. The molecule has 7 nitrogen and oxygen atoms in total. The van der Waals surface area contributed by atoms with Crippen LogP contribution in [-0.2, 0) is 27.7 Å². The molecule has 4 rings (SSSR count). The second-order valence-corrected chi connectivity index (χ2v) is 9.82. The molecule has 0 bridgehead atoms. The van der Waals surface area contributed by atoms with Crippen molar-refractivity contribution in [2.24, 2.45) is 0 Å². The van der Waals surface area contributed by atoms with Gasteiger partial charge in [0.1, 0.15) is 11.3 Å². The molecular weight excluding hydrogens is 430 g/mol. The Hall–Kier alpha value is -2.97. The molecule has 0 fully saturated rings. The number of sulfonamides is 1. The number of hydrogen-bond acceptors (Lipinski definition) is 6. The third-order valence-corrected chi connectivity index (χ3v) is 7.22. The van der Waals surface area contributed by atoms with E-state index in [1.54, 1.807) is 37.3 Å². The first-order chi connectivity index (χ1) is 15.3. The fourth-order valence-corrected chi connectivity index (χ4v) is 5.06. The molecule has 1 N–H and O–H groups in total. The van der Waals surface area contributed by atoms with Gasteiger partial charge in [-0.15, -0.1) is 0 Å². The van der Waals surface area contributed by atoms with Gasteiger partial charge in [-0.2, -0.15) is 0 Å². The van der Waals surface area contributed by atoms with Crippen molar-refractivity contribution in [1.29, 1.82) is 0 Å². The predicted molar refractivity (Wildman–Crippen MR) is 120 cm³/mol. The first-order valence-electron chi connectivity index (χ1n) is 10.6. The highest BCUT2D eigenvalue weighted by atomic mass is 32.2. The van der Waals surface area contributed by atoms with E-state index >= 15 is 0 Å². The van der Waals surface area contributed by atoms with Crippen molar-refractivity contribution in [3.8, 4) is 5.75 Å². The zero-order valence-corrected chi connectivity index (χ0v) is 18.9. The Labute approximate surface area is 186 Å². The highest BCUT2D eigenvalue weighted by Crippen LogP contribution is 2.33. The second-order valence-electron chi connectivity index (χ2n) is 8.05. The number of ether oxygens (including phenoxy) is 1. The summed E-state index contributed by atoms with van der Waals surface area (Å²) >= 11 is 0. The van der Waals surface area contributed by atoms with Crippen molar-refractivity contribution in [2.75, 3.05) is 6.54 Å². The average Bonchev–Trinajstić information content (AvgIpc) is 3.25. The van der Waals surface area contributed by atoms with E-state index in [2.05, 4.69) is 4.72 Å². The topological polar surface area (TPSA) is 103 Å². The number of esters is 1. The number of hydrogen-bond donors (Lipinski definition) is 1. The maximum Gasteiger partial charge on any atom is 0.339 e. The third kappa shape index (κ3) is 4.47. The van der Waals surface area contributed by atoms with Gasteiger partial charge in [-0.3, -0.25) is 4.79 Å². The van der Waals surface area contributed by atoms with Crippen LogP contribution in [0.15, 0.2) is 50.5 Å². The van der Waals surface area contributed by atoms with Crippen molar-refractivity contribution < 1.29 is 22.4 Å². The van der Waals surface area contributed by atoms with Gasteiger partial charge in [0.05, 0.1) is 4.90 Å². The smallest absolute Gasteiger partial charge is 0.339 e. The molecule has 8 heteroatoms. The standard InChI is InChI=1S/C24H25NO6S/c1-15-8-10-17(11-9-15)32(28,29)25-14-4-7-22(26)30-21-13-12-19-18-5-3-6-20(18)24(27)31-23(19)16(21)2/h8-13,25H,3-7,14H2,1-2H3. The summed E-state index contributed by atoms with van der Waals surface area (Å²) in [6.07, 6.45) is 2.84. The van der Waals surface area contributed by atoms with Gasteiger partial charge in [-0.05, 0) is 69.4 Å². The Morgan fingerprint density at radius 1 is 1.06 bits per heavy atom. The maximum atomic E-state index is 12.3. The van der Waals surface area contributed by atoms with Gasteiger partial charge in [0.25, 0.3) is 0 Å². The predicted octanol–water partition coefficient (Wildman–Crippen LogP) is 3.56. The number of carbonyl (C=O) groups excluding carboxylic acids is 1. The van der Waals surface area contributed by atoms with E-state index in [9.17, 15) is 18.0 Å². The highest BCUT2D eigenvalue weighted by Gasteiger charge is 2.22. The minimum Gasteiger partial charge on any atom is -0.426 e. The molecule has 0 spiro atoms. The Bertz CT molecular complexity index is 1340. The van der Waals surface area contributed by atoms with E-state index in [1.807, 2.05) is 13.0 Å². The Morgan fingerprint density at radius 3 is 2.53 bits per heavy atom. The van der Waals surface area contributed by atoms with Crippen LogP contribution in [0.3, 0.4) is 0 Å². The van der Waals surface area contributed by atoms with E-state index in [4.69, 9.17) is 9.15 Å². The number of benzene rings is 2. The Kier molecular flexibility index (Phi) is 6.17. The molecule has 1 aliphatic rings. The largest absolute Gasteiger partial charge is 0.426 e. The van der Waals surface area contributed by atoms with E-state index in [0.717, 1.165) is 41.3 Å². The molecule has 168 valence electrons. The molecule has 32 heavy (non-hydrogen) atoms. The van der Waals surface area contributed by atoms with Gasteiger partial charge in [-0.1, -0.05) is 17.7 Å². The first-order valence-corrected chi connectivity index (χ1v) is 12.1. The van der Waals surface area contributed by atoms with Crippen LogP contribution in [0.4, 0.5) is 0 Å². The van der Waals surface area contributed by atoms with Gasteiger partial charge >= 0.3 is 11.6 Å². The SMILES string of the molecule is Cc1ccc(S(=O)(=O)NCCCC(=O)Oc2ccc3c4c(c(=O)oc3c2C)CCC4)cc1. The minimum absolute atomic E-state index is 0.0437. The van der Waals surface area contributed by atoms with E-state index in [0.29, 0.717) is 23.3 Å². The summed E-state index contributed by atoms with van der Waals surface area (Å²) in [6, 6.07) is 10.1. The molecule has 2 aromatic carbocycles. The molecule has 0 aliphatic heterocycles. The lowest BCUT2D eigenvalue weighted by Crippen LogP contribution is -2.25. The fourth-order valence-electron chi connectivity index (χ4n) is 3.99. The van der Waals surface area contributed by atoms with Crippen LogP contribution in [0.25, 0.3) is 11.0 Å². The summed E-state index contributed by atoms with van der Waals surface area (Å²) in [5, 5.41) is 0.889. The van der Waals surface area contributed by atoms with Crippen LogP contribution in [0.5, 0.6) is 5.75 Å². The molecule has 0 radical (unpaired) electrons. The highest BCUT2D eigenvalue weighted by molar-refractivity contribution is 7.89. The van der Waals surface area contributed by atoms with Crippen LogP contribution < -0.4 is 15.1 Å². The first kappa shape index (κ1) is 22.2. The van der Waals surface area contributed by atoms with Crippen LogP contribution in [0, 0.1) is 13.8 Å². The molecule has 1 aromatic heterocycles. The lowest BCUT2D eigenvalue weighted by atomic mass is 10.0. The summed E-state index contributed by atoms with van der Waals surface area (Å²) in [6.45, 7) is 3.75. The third-order valence-electron chi connectivity index (χ3n) is 5.75. The maximum absolute atomic E-state index is 12.3. The Balaban J connectivity index is 1.37. The van der Waals surface area contributed by atoms with E-state index < -0.39 is 16.0 Å². The number of aryl methyl sites for hydroxylation is 3. The molecule has 0 amide bonds. The van der Waals surface area contributed by atoms with Crippen LogP contribution >= 0.6 is 0 Å². The Morgan fingerprint density at radius 2 is 1.78 bits per heavy atom. The van der Waals surface area contributed by atoms with Crippen LogP contribution in [0.1, 0.15) is 41.5 Å². The second kappa shape index (κ2) is 8.88. The zero-order chi connectivity index (χ0) is 22.9. The average molecular weight is 456 g/mol. The van der Waals surface area contributed by atoms with Gasteiger partial charge in [0.15, 0.2) is 0 Å². The molecule has 0 unspecified atom stereocenters. The quantitative estimate of drug-likeness (QED) is 0.253. The summed E-state index contributed by atoms with van der Waals surface area (Å²) in [5.74, 6) is -0.144. The molecular formula is C24H25NO6S. The van der Waals surface area contributed by atoms with Crippen molar-refractivity contribution >= 4 is 27.0 Å². The molecule has 1 aliphatic carbocycles. The van der Waals surface area contributed by atoms with E-state index in [-0.39, 0.29) is 23.5 Å². The van der Waals surface area contributed by atoms with Crippen molar-refractivity contribution in [3.63, 3.8) is 0 Å². The lowest BCUT2D eigenvalue weighted by Gasteiger charge is -2.11. The van der Waals surface area contributed by atoms with Crippen molar-refractivity contribution in [2.45, 2.75) is 50.8 Å². The fraction of sp³-hybridized carbons (Fsp3) is 0.333. The molecule has 0 saturated carbocycles. The molecule has 0 saturated heterocycles. The van der Waals surface area contributed by atoms with Crippen molar-refractivity contribution in [1.82, 2.24) is 4.72 Å². The van der Waals surface area contributed by atoms with Gasteiger partial charge < -0.3 is 9.15 Å². The summed E-state index contributed by atoms with van der Waals surface area (Å²) in [4.78, 5) is 24.7. The molecule has 3 aromatic rings. The van der Waals surface area contributed by atoms with Crippen molar-refractivity contribution in [3.05, 3.63) is 69.1 Å².